The van der Waals surface area contributed by atoms with Crippen molar-refractivity contribution in [2.75, 3.05) is 13.6 Å². The fraction of sp³-hybridized carbons (Fsp3) is 0.158. The van der Waals surface area contributed by atoms with Crippen LogP contribution in [0.4, 0.5) is 0 Å². The van der Waals surface area contributed by atoms with E-state index in [4.69, 9.17) is 0 Å². The maximum atomic E-state index is 12.6. The second-order valence-corrected chi connectivity index (χ2v) is 7.93. The summed E-state index contributed by atoms with van der Waals surface area (Å²) in [5.74, 6) is 0. The maximum absolute atomic E-state index is 12.6. The molecule has 124 valence electrons. The van der Waals surface area contributed by atoms with Crippen molar-refractivity contribution in [3.8, 4) is 16.5 Å². The van der Waals surface area contributed by atoms with Crippen LogP contribution >= 0.6 is 22.7 Å². The zero-order valence-electron chi connectivity index (χ0n) is 13.6. The number of nitrogens with one attached hydrogen (secondary N) is 1. The molecule has 0 amide bonds. The molecule has 4 heterocycles. The molecular formula is C19H15N3OS2. The number of H-pyrrole nitrogens is 1. The summed E-state index contributed by atoms with van der Waals surface area (Å²) in [6.45, 7) is 1.46. The Kier molecular flexibility index (Phi) is 4.14. The Balaban J connectivity index is 2.01. The number of fused-ring (bicyclic) bond motifs is 1. The number of hydrogen-bond donors (Lipinski definition) is 1. The van der Waals surface area contributed by atoms with Crippen LogP contribution in [0, 0.1) is 11.3 Å². The summed E-state index contributed by atoms with van der Waals surface area (Å²) < 4.78 is 0. The van der Waals surface area contributed by atoms with E-state index in [-0.39, 0.29) is 11.1 Å². The van der Waals surface area contributed by atoms with Crippen molar-refractivity contribution in [2.24, 2.45) is 0 Å². The number of nitriles is 1. The van der Waals surface area contributed by atoms with Crippen molar-refractivity contribution >= 4 is 34.3 Å². The number of aromatic nitrogens is 1. The zero-order chi connectivity index (χ0) is 17.4. The first-order valence-corrected chi connectivity index (χ1v) is 9.59. The lowest BCUT2D eigenvalue weighted by Gasteiger charge is -2.29. The summed E-state index contributed by atoms with van der Waals surface area (Å²) in [5.41, 5.74) is 3.62. The van der Waals surface area contributed by atoms with Gasteiger partial charge < -0.3 is 4.98 Å². The van der Waals surface area contributed by atoms with Crippen LogP contribution in [0.3, 0.4) is 0 Å². The molecule has 0 saturated carbocycles. The van der Waals surface area contributed by atoms with Gasteiger partial charge in [-0.3, -0.25) is 9.69 Å². The Labute approximate surface area is 153 Å². The van der Waals surface area contributed by atoms with Crippen molar-refractivity contribution in [1.82, 2.24) is 9.88 Å². The molecule has 1 N–H and O–H groups in total. The van der Waals surface area contributed by atoms with Crippen molar-refractivity contribution in [2.45, 2.75) is 6.54 Å². The van der Waals surface area contributed by atoms with Gasteiger partial charge in [0.1, 0.15) is 11.6 Å². The molecule has 0 aromatic carbocycles. The molecule has 1 aliphatic rings. The Morgan fingerprint density at radius 2 is 2.04 bits per heavy atom. The van der Waals surface area contributed by atoms with Gasteiger partial charge in [0.05, 0.1) is 5.69 Å². The minimum atomic E-state index is -0.314. The molecule has 0 bridgehead atoms. The van der Waals surface area contributed by atoms with Crippen molar-refractivity contribution < 1.29 is 0 Å². The van der Waals surface area contributed by atoms with Gasteiger partial charge in [-0.1, -0.05) is 12.1 Å². The average molecular weight is 365 g/mol. The highest BCUT2D eigenvalue weighted by molar-refractivity contribution is 7.13. The Hall–Kier alpha value is -2.46. The number of pyridine rings is 1. The second kappa shape index (κ2) is 6.45. The minimum Gasteiger partial charge on any atom is -0.321 e. The van der Waals surface area contributed by atoms with E-state index in [0.717, 1.165) is 38.7 Å². The first kappa shape index (κ1) is 16.0. The molecule has 0 saturated heterocycles. The Morgan fingerprint density at radius 3 is 2.72 bits per heavy atom. The third-order valence-corrected chi connectivity index (χ3v) is 5.95. The van der Waals surface area contributed by atoms with E-state index < -0.39 is 0 Å². The maximum Gasteiger partial charge on any atom is 0.267 e. The number of aromatic amines is 1. The van der Waals surface area contributed by atoms with Crippen molar-refractivity contribution in [3.05, 3.63) is 67.1 Å². The standard InChI is InChI=1S/C19H15N3OS2/c1-22-10-12(8-13-4-2-6-24-13)18-15(11-22)17(16-5-3-7-25-16)14(9-20)19(23)21-18/h2-8H,10-11H2,1H3,(H,21,23)/b12-8-. The molecule has 0 atom stereocenters. The van der Waals surface area contributed by atoms with Gasteiger partial charge in [0.25, 0.3) is 5.56 Å². The molecule has 3 aromatic heterocycles. The summed E-state index contributed by atoms with van der Waals surface area (Å²) >= 11 is 3.22. The third-order valence-electron chi connectivity index (χ3n) is 4.25. The first-order valence-electron chi connectivity index (χ1n) is 7.83. The number of rotatable bonds is 2. The summed E-state index contributed by atoms with van der Waals surface area (Å²) in [7, 11) is 2.06. The van der Waals surface area contributed by atoms with Crippen LogP contribution in [-0.4, -0.2) is 23.5 Å². The number of thiophene rings is 2. The van der Waals surface area contributed by atoms with Crippen molar-refractivity contribution in [3.63, 3.8) is 0 Å². The van der Waals surface area contributed by atoms with E-state index in [1.807, 2.05) is 29.0 Å². The number of nitrogens with zero attached hydrogens (tertiary/aromatic N) is 2. The quantitative estimate of drug-likeness (QED) is 0.746. The molecule has 0 aliphatic carbocycles. The molecule has 4 nitrogen and oxygen atoms in total. The van der Waals surface area contributed by atoms with Crippen LogP contribution in [0.15, 0.2) is 39.8 Å². The molecule has 1 aliphatic heterocycles. The van der Waals surface area contributed by atoms with E-state index in [1.54, 1.807) is 22.7 Å². The molecule has 0 fully saturated rings. The van der Waals surface area contributed by atoms with Crippen LogP contribution in [0.1, 0.15) is 21.7 Å². The summed E-state index contributed by atoms with van der Waals surface area (Å²) in [6.07, 6.45) is 2.12. The largest absolute Gasteiger partial charge is 0.321 e. The van der Waals surface area contributed by atoms with Gasteiger partial charge in [0.2, 0.25) is 0 Å². The van der Waals surface area contributed by atoms with E-state index in [0.29, 0.717) is 6.54 Å². The Morgan fingerprint density at radius 1 is 1.24 bits per heavy atom. The van der Waals surface area contributed by atoms with E-state index in [9.17, 15) is 10.1 Å². The summed E-state index contributed by atoms with van der Waals surface area (Å²) in [5, 5.41) is 13.6. The van der Waals surface area contributed by atoms with Gasteiger partial charge in [0, 0.05) is 34.0 Å². The molecule has 0 spiro atoms. The normalized spacial score (nSPS) is 15.9. The topological polar surface area (TPSA) is 59.9 Å². The van der Waals surface area contributed by atoms with Crippen LogP contribution in [0.5, 0.6) is 0 Å². The van der Waals surface area contributed by atoms with Gasteiger partial charge in [-0.15, -0.1) is 22.7 Å². The minimum absolute atomic E-state index is 0.201. The Bertz CT molecular complexity index is 1040. The predicted octanol–water partition coefficient (Wildman–Crippen LogP) is 4.02. The zero-order valence-corrected chi connectivity index (χ0v) is 15.2. The SMILES string of the molecule is CN1C/C(=C/c2cccs2)c2[nH]c(=O)c(C#N)c(-c3cccs3)c2C1. The highest BCUT2D eigenvalue weighted by Crippen LogP contribution is 2.37. The molecule has 0 radical (unpaired) electrons. The van der Waals surface area contributed by atoms with Crippen LogP contribution in [0.25, 0.3) is 22.1 Å². The van der Waals surface area contributed by atoms with E-state index in [2.05, 4.69) is 35.1 Å². The van der Waals surface area contributed by atoms with E-state index in [1.165, 1.54) is 0 Å². The first-order chi connectivity index (χ1) is 12.2. The number of hydrogen-bond acceptors (Lipinski definition) is 5. The lowest BCUT2D eigenvalue weighted by molar-refractivity contribution is 0.358. The highest BCUT2D eigenvalue weighted by Gasteiger charge is 2.26. The second-order valence-electron chi connectivity index (χ2n) is 6.00. The fourth-order valence-electron chi connectivity index (χ4n) is 3.23. The summed E-state index contributed by atoms with van der Waals surface area (Å²) in [6, 6.07) is 10.1. The smallest absolute Gasteiger partial charge is 0.267 e. The molecule has 6 heteroatoms. The van der Waals surface area contributed by atoms with Gasteiger partial charge in [0.15, 0.2) is 0 Å². The van der Waals surface area contributed by atoms with Crippen molar-refractivity contribution in [1.29, 1.82) is 5.26 Å². The lowest BCUT2D eigenvalue weighted by atomic mass is 9.92. The monoisotopic (exact) mass is 365 g/mol. The predicted molar refractivity (Wildman–Crippen MR) is 104 cm³/mol. The van der Waals surface area contributed by atoms with Gasteiger partial charge >= 0.3 is 0 Å². The van der Waals surface area contributed by atoms with Crippen LogP contribution in [0.2, 0.25) is 0 Å². The molecular weight excluding hydrogens is 350 g/mol. The van der Waals surface area contributed by atoms with Gasteiger partial charge in [-0.2, -0.15) is 5.26 Å². The lowest BCUT2D eigenvalue weighted by Crippen LogP contribution is -2.30. The number of likely N-dealkylation sites (N-methyl/N-ethyl adjacent to an activating group) is 1. The molecule has 4 rings (SSSR count). The highest BCUT2D eigenvalue weighted by atomic mass is 32.1. The fourth-order valence-corrected chi connectivity index (χ4v) is 4.72. The molecule has 0 unspecified atom stereocenters. The van der Waals surface area contributed by atoms with Gasteiger partial charge in [-0.25, -0.2) is 0 Å². The molecule has 25 heavy (non-hydrogen) atoms. The van der Waals surface area contributed by atoms with E-state index >= 15 is 0 Å². The van der Waals surface area contributed by atoms with Crippen LogP contribution < -0.4 is 5.56 Å². The van der Waals surface area contributed by atoms with Gasteiger partial charge in [-0.05, 0) is 41.6 Å². The summed E-state index contributed by atoms with van der Waals surface area (Å²) in [4.78, 5) is 19.8. The average Bonchev–Trinajstić information content (AvgIpc) is 3.28. The van der Waals surface area contributed by atoms with Crippen LogP contribution in [-0.2, 0) is 6.54 Å². The third kappa shape index (κ3) is 2.87. The molecule has 3 aromatic rings.